The zero-order chi connectivity index (χ0) is 96.3. The summed E-state index contributed by atoms with van der Waals surface area (Å²) in [6, 6.07) is 47.5. The fraction of sp³-hybridized carbons (Fsp3) is 0.316. The molecule has 0 radical (unpaired) electrons. The van der Waals surface area contributed by atoms with E-state index >= 15 is 0 Å². The Bertz CT molecular complexity index is 9090. The van der Waals surface area contributed by atoms with E-state index in [4.69, 9.17) is 57.9 Å². The fourth-order valence-corrected chi connectivity index (χ4v) is 31.7. The maximum Gasteiger partial charge on any atom is 0.404 e. The molecule has 5 spiro atoms. The lowest BCUT2D eigenvalue weighted by Gasteiger charge is -2.40. The van der Waals surface area contributed by atoms with Gasteiger partial charge in [-0.25, -0.2) is 0 Å². The minimum atomic E-state index is -1.69. The number of ether oxygens (including phenoxy) is 8. The van der Waals surface area contributed by atoms with Crippen molar-refractivity contribution < 1.29 is 87.9 Å². The van der Waals surface area contributed by atoms with Crippen LogP contribution in [0.5, 0.6) is 138 Å². The van der Waals surface area contributed by atoms with Crippen LogP contribution in [0, 0.1) is 0 Å². The number of hydrogen-bond acceptors (Lipinski definition) is 20. The number of phenolic OH excluding ortho intramolecular Hbond substituents is 8. The van der Waals surface area contributed by atoms with Crippen LogP contribution >= 0.6 is 0 Å². The number of rotatable bonds is 0. The van der Waals surface area contributed by atoms with Gasteiger partial charge in [0.2, 0.25) is 22.6 Å². The molecule has 24 heteroatoms. The summed E-state index contributed by atoms with van der Waals surface area (Å²) in [4.78, 5) is 24.3. The van der Waals surface area contributed by atoms with Gasteiger partial charge in [0.15, 0.2) is 138 Å². The van der Waals surface area contributed by atoms with Crippen LogP contribution in [0.25, 0.3) is 21.5 Å². The van der Waals surface area contributed by atoms with Crippen LogP contribution in [0.15, 0.2) is 166 Å². The molecule has 8 N–H and O–H groups in total. The van der Waals surface area contributed by atoms with Crippen LogP contribution in [0.4, 0.5) is 11.6 Å². The SMILES string of the molecule is CC1(C)CC2(CC(C)(C)c3cc4c(cc32)Oc2cc3c(cc2O4)C2=[N+]4C3=Nc3c5cc6c(cc5c5n3C43n4c(c7cc8c(cc7c4=NC4=[N+]3C(=N5)c3cc5c(cc34)Oc3cc4c(cc3O5)C(C)(C)CC43CC(C)(C)c4cc(O)c(O)cc43)Oc3cc4c(cc3O8)C3(CC(C)(C)c5cc(O)c(O)cc53)CC4(C)C)=N2)Oc2cc3c(cc2O6)C(C)(C)CC32CC(C)(C)c3cc(O)c(O)cc32)c2cc(O)c(O)cc21. The average Bonchev–Trinajstić information content (AvgIpc) is 1.45. The third-order valence-electron chi connectivity index (χ3n) is 36.5. The first kappa shape index (κ1) is 79.7. The molecule has 0 bridgehead atoms. The van der Waals surface area contributed by atoms with Crippen molar-refractivity contribution in [3.63, 3.8) is 0 Å². The summed E-state index contributed by atoms with van der Waals surface area (Å²) < 4.78 is 68.1. The largest absolute Gasteiger partial charge is 0.504 e. The molecule has 0 saturated carbocycles. The van der Waals surface area contributed by atoms with Gasteiger partial charge in [0.05, 0.1) is 43.8 Å². The molecular formula is C117H96N8O16+2. The van der Waals surface area contributed by atoms with Gasteiger partial charge in [0, 0.05) is 21.7 Å². The molecule has 141 heavy (non-hydrogen) atoms. The van der Waals surface area contributed by atoms with Crippen molar-refractivity contribution in [2.45, 2.75) is 233 Å². The van der Waals surface area contributed by atoms with E-state index in [0.717, 1.165) is 140 Å². The molecule has 0 fully saturated rings. The quantitative estimate of drug-likeness (QED) is 0.0517. The van der Waals surface area contributed by atoms with Crippen molar-refractivity contribution in [2.24, 2.45) is 20.0 Å². The van der Waals surface area contributed by atoms with Gasteiger partial charge in [-0.3, -0.25) is 0 Å². The van der Waals surface area contributed by atoms with Gasteiger partial charge in [-0.05, 0) is 329 Å². The molecule has 24 nitrogen and oxygen atoms in total. The van der Waals surface area contributed by atoms with Crippen LogP contribution in [0.1, 0.15) is 273 Å². The summed E-state index contributed by atoms with van der Waals surface area (Å²) in [6.07, 6.45) is 5.86. The van der Waals surface area contributed by atoms with E-state index in [1.165, 1.54) is 0 Å². The minimum Gasteiger partial charge on any atom is -0.504 e. The number of aromatic hydroxyl groups is 8. The third-order valence-corrected chi connectivity index (χ3v) is 36.5. The van der Waals surface area contributed by atoms with Gasteiger partial charge in [-0.2, -0.15) is 9.13 Å². The fourth-order valence-electron chi connectivity index (χ4n) is 31.7. The van der Waals surface area contributed by atoms with Crippen molar-refractivity contribution in [1.82, 2.24) is 9.13 Å². The van der Waals surface area contributed by atoms with Crippen molar-refractivity contribution in [2.75, 3.05) is 0 Å². The summed E-state index contributed by atoms with van der Waals surface area (Å²) in [5.74, 6) is 8.06. The first-order valence-corrected chi connectivity index (χ1v) is 49.0. The summed E-state index contributed by atoms with van der Waals surface area (Å²) in [7, 11) is 0. The van der Waals surface area contributed by atoms with E-state index in [1.807, 2.05) is 48.5 Å². The van der Waals surface area contributed by atoms with E-state index in [2.05, 4.69) is 178 Å². The van der Waals surface area contributed by atoms with Crippen molar-refractivity contribution >= 4 is 56.5 Å². The van der Waals surface area contributed by atoms with Gasteiger partial charge < -0.3 is 78.7 Å². The standard InChI is InChI=1S/C117H94N8O16/c1-105(2)41-113(65-29-77(130)73(126)25-57(65)105)45-109(9,10)61-33-89-93(37-69(61)113)138-85-21-53-49(17-81(85)134-89)97-119-102-55-23-87-83(136-91-35-63-71(39-95(91)140-87)115(47-111(63,13)14)43-107(5,6)59-27-75(128)79(132)31-67(59)115)19-51(55)99-121-104-56-24-88-84(137-92-36-64-72(40-96(92)141-88)116(48-112(64,15)16)44-108(7,8)60-28-76(129)80(133)32-68(60)116)20-52(56)100-120-103-54-22-86-82(18-50(54)98-118-101(53)122(97)117(123(98)103,124(99)102)125(100)104)135-90-34-62-70(38-94(90)139-86)114(46-110(62,11)12)42-106(3,4)58-26-74(127)78(131)30-66(58)114/h17-40H,41-48H2,1-16H3,(H6,118,119,120,121,126,127,128,129,130,131,132,133)/p+2. The Morgan fingerprint density at radius 2 is 0.397 bits per heavy atom. The van der Waals surface area contributed by atoms with Crippen LogP contribution in [-0.2, 0) is 70.9 Å². The maximum absolute atomic E-state index is 11.4. The molecule has 12 heterocycles. The highest BCUT2D eigenvalue weighted by Gasteiger charge is 2.72. The second kappa shape index (κ2) is 23.3. The summed E-state index contributed by atoms with van der Waals surface area (Å²) in [5.41, 5.74) is 15.3. The minimum absolute atomic E-state index is 0.145. The number of aromatic nitrogens is 2. The predicted molar refractivity (Wildman–Crippen MR) is 523 cm³/mol. The van der Waals surface area contributed by atoms with Crippen LogP contribution in [0.2, 0.25) is 0 Å². The number of hydrogen-bond donors (Lipinski definition) is 8. The Morgan fingerprint density at radius 3 is 0.638 bits per heavy atom. The molecule has 0 saturated heterocycles. The molecule has 0 amide bonds. The second-order valence-corrected chi connectivity index (χ2v) is 48.9. The third kappa shape index (κ3) is 9.02. The van der Waals surface area contributed by atoms with E-state index in [0.29, 0.717) is 182 Å². The Morgan fingerprint density at radius 1 is 0.213 bits per heavy atom. The summed E-state index contributed by atoms with van der Waals surface area (Å²) >= 11 is 0. The average molecular weight is 1870 g/mol. The highest BCUT2D eigenvalue weighted by Crippen LogP contribution is 2.74. The maximum atomic E-state index is 11.4. The highest BCUT2D eigenvalue weighted by molar-refractivity contribution is 6.21. The number of aliphatic imine (C=N–C) groups is 2. The summed E-state index contributed by atoms with van der Waals surface area (Å²) in [5, 5.41) is 92.7. The first-order valence-electron chi connectivity index (χ1n) is 49.0. The molecule has 32 rings (SSSR count). The van der Waals surface area contributed by atoms with Gasteiger partial charge in [-0.15, -0.1) is 9.15 Å². The lowest BCUT2D eigenvalue weighted by atomic mass is 9.72. The van der Waals surface area contributed by atoms with Crippen LogP contribution in [-0.4, -0.2) is 82.5 Å². The molecular weight excluding hydrogens is 1770 g/mol. The highest BCUT2D eigenvalue weighted by atomic mass is 16.6. The predicted octanol–water partition coefficient (Wildman–Crippen LogP) is 23.5. The lowest BCUT2D eigenvalue weighted by Crippen LogP contribution is -2.71. The molecule has 5 atom stereocenters. The van der Waals surface area contributed by atoms with Gasteiger partial charge in [0.25, 0.3) is 23.3 Å². The van der Waals surface area contributed by atoms with Crippen molar-refractivity contribution in [3.8, 4) is 138 Å². The summed E-state index contributed by atoms with van der Waals surface area (Å²) in [6.45, 7) is 35.8. The van der Waals surface area contributed by atoms with Crippen molar-refractivity contribution in [3.05, 3.63) is 268 Å². The molecule has 698 valence electrons. The zero-order valence-electron chi connectivity index (χ0n) is 80.4. The molecule has 12 aromatic carbocycles. The lowest BCUT2D eigenvalue weighted by molar-refractivity contribution is -0.790. The molecule has 2 aromatic heterocycles. The molecule has 18 aliphatic rings. The van der Waals surface area contributed by atoms with Gasteiger partial charge in [-0.1, -0.05) is 131 Å². The second-order valence-electron chi connectivity index (χ2n) is 48.9. The number of phenols is 8. The molecule has 8 aliphatic carbocycles. The Kier molecular flexibility index (Phi) is 13.1. The Balaban J connectivity index is 0.627. The van der Waals surface area contributed by atoms with Crippen LogP contribution < -0.4 is 48.9 Å². The molecule has 14 aromatic rings. The van der Waals surface area contributed by atoms with Gasteiger partial charge >= 0.3 is 5.91 Å². The number of benzene rings is 12. The van der Waals surface area contributed by atoms with E-state index in [-0.39, 0.29) is 89.3 Å². The smallest absolute Gasteiger partial charge is 0.404 e. The van der Waals surface area contributed by atoms with E-state index < -0.39 is 27.6 Å². The zero-order valence-corrected chi connectivity index (χ0v) is 80.4. The van der Waals surface area contributed by atoms with E-state index in [9.17, 15) is 40.9 Å². The molecule has 10 aliphatic heterocycles. The molecule has 5 unspecified atom stereocenters. The Labute approximate surface area is 807 Å². The topological polar surface area (TPSA) is 301 Å². The number of nitrogens with zero attached hydrogens (tertiary/aromatic N) is 8. The number of amidine groups is 4. The first-order chi connectivity index (χ1) is 66.8. The van der Waals surface area contributed by atoms with Crippen molar-refractivity contribution in [1.29, 1.82) is 0 Å². The normalized spacial score (nSPS) is 25.2. The number of fused-ring (bicyclic) bond motifs is 36. The Hall–Kier alpha value is -15.2. The van der Waals surface area contributed by atoms with E-state index in [1.54, 1.807) is 48.5 Å². The van der Waals surface area contributed by atoms with Gasteiger partial charge in [0.1, 0.15) is 0 Å². The van der Waals surface area contributed by atoms with Crippen LogP contribution in [0.3, 0.4) is 0 Å². The monoisotopic (exact) mass is 1870 g/mol.